The molecule has 19 heavy (non-hydrogen) atoms. The number of carbonyl (C=O) groups is 1. The fourth-order valence-electron chi connectivity index (χ4n) is 2.48. The molecule has 0 amide bonds. The van der Waals surface area contributed by atoms with Crippen LogP contribution in [0.2, 0.25) is 0 Å². The van der Waals surface area contributed by atoms with Crippen LogP contribution in [0.25, 0.3) is 6.08 Å². The number of aliphatic carboxylic acids is 1. The van der Waals surface area contributed by atoms with E-state index in [0.29, 0.717) is 0 Å². The van der Waals surface area contributed by atoms with Crippen molar-refractivity contribution in [1.29, 1.82) is 0 Å². The molecule has 1 N–H and O–H groups in total. The minimum absolute atomic E-state index is 0.830. The summed E-state index contributed by atoms with van der Waals surface area (Å²) in [5.41, 5.74) is 3.34. The van der Waals surface area contributed by atoms with Crippen LogP contribution in [0.4, 0.5) is 5.69 Å². The first-order chi connectivity index (χ1) is 8.97. The standard InChI is InChI=1S/C16H21NO2/c1-11-9-14(11)10-17(3)15-6-4-13(8-12(15)2)5-7-16(18)19/h4-8,11,14H,9-10H2,1-3H3,(H,18,19)/b7-5+. The molecule has 1 aromatic carbocycles. The summed E-state index contributed by atoms with van der Waals surface area (Å²) < 4.78 is 0. The van der Waals surface area contributed by atoms with Crippen LogP contribution in [0.15, 0.2) is 24.3 Å². The molecule has 1 aromatic rings. The lowest BCUT2D eigenvalue weighted by Crippen LogP contribution is -2.21. The van der Waals surface area contributed by atoms with E-state index in [-0.39, 0.29) is 0 Å². The summed E-state index contributed by atoms with van der Waals surface area (Å²) in [6, 6.07) is 6.07. The normalized spacial score (nSPS) is 21.6. The van der Waals surface area contributed by atoms with Gasteiger partial charge in [-0.3, -0.25) is 0 Å². The molecule has 1 aliphatic rings. The van der Waals surface area contributed by atoms with Crippen LogP contribution in [0.3, 0.4) is 0 Å². The monoisotopic (exact) mass is 259 g/mol. The molecule has 3 heteroatoms. The maximum absolute atomic E-state index is 10.5. The molecule has 0 aliphatic heterocycles. The third kappa shape index (κ3) is 3.60. The van der Waals surface area contributed by atoms with Crippen molar-refractivity contribution >= 4 is 17.7 Å². The number of nitrogens with zero attached hydrogens (tertiary/aromatic N) is 1. The summed E-state index contributed by atoms with van der Waals surface area (Å²) in [4.78, 5) is 12.8. The van der Waals surface area contributed by atoms with Crippen molar-refractivity contribution in [2.75, 3.05) is 18.5 Å². The fraction of sp³-hybridized carbons (Fsp3) is 0.438. The summed E-state index contributed by atoms with van der Waals surface area (Å²) in [7, 11) is 2.13. The average molecular weight is 259 g/mol. The third-order valence-corrected chi connectivity index (χ3v) is 3.83. The Bertz CT molecular complexity index is 507. The lowest BCUT2D eigenvalue weighted by atomic mass is 10.1. The highest BCUT2D eigenvalue weighted by Gasteiger charge is 2.33. The molecule has 2 unspecified atom stereocenters. The molecule has 0 spiro atoms. The fourth-order valence-corrected chi connectivity index (χ4v) is 2.48. The van der Waals surface area contributed by atoms with Crippen molar-refractivity contribution in [3.05, 3.63) is 35.4 Å². The molecule has 0 aromatic heterocycles. The summed E-state index contributed by atoms with van der Waals surface area (Å²) in [5.74, 6) is 0.776. The molecule has 1 fully saturated rings. The van der Waals surface area contributed by atoms with Crippen LogP contribution >= 0.6 is 0 Å². The van der Waals surface area contributed by atoms with E-state index in [2.05, 4.69) is 31.9 Å². The van der Waals surface area contributed by atoms with Gasteiger partial charge >= 0.3 is 5.97 Å². The van der Waals surface area contributed by atoms with Crippen LogP contribution in [0.5, 0.6) is 0 Å². The zero-order valence-electron chi connectivity index (χ0n) is 11.8. The van der Waals surface area contributed by atoms with Gasteiger partial charge in [0.25, 0.3) is 0 Å². The zero-order chi connectivity index (χ0) is 14.0. The number of aryl methyl sites for hydroxylation is 1. The Labute approximate surface area is 114 Å². The van der Waals surface area contributed by atoms with Crippen molar-refractivity contribution in [3.63, 3.8) is 0 Å². The number of anilines is 1. The van der Waals surface area contributed by atoms with Gasteiger partial charge in [0.1, 0.15) is 0 Å². The number of rotatable bonds is 5. The van der Waals surface area contributed by atoms with Crippen molar-refractivity contribution in [2.24, 2.45) is 11.8 Å². The Hall–Kier alpha value is -1.77. The van der Waals surface area contributed by atoms with E-state index < -0.39 is 5.97 Å². The summed E-state index contributed by atoms with van der Waals surface area (Å²) in [5, 5.41) is 8.62. The topological polar surface area (TPSA) is 40.5 Å². The first kappa shape index (κ1) is 13.7. The molecule has 0 bridgehead atoms. The molecule has 0 saturated heterocycles. The van der Waals surface area contributed by atoms with Gasteiger partial charge in [0, 0.05) is 25.4 Å². The zero-order valence-corrected chi connectivity index (χ0v) is 11.8. The second-order valence-electron chi connectivity index (χ2n) is 5.57. The maximum Gasteiger partial charge on any atom is 0.328 e. The molecule has 0 heterocycles. The predicted octanol–water partition coefficient (Wildman–Crippen LogP) is 3.19. The first-order valence-electron chi connectivity index (χ1n) is 6.70. The molecular weight excluding hydrogens is 238 g/mol. The number of carboxylic acid groups (broad SMARTS) is 1. The van der Waals surface area contributed by atoms with Crippen molar-refractivity contribution in [3.8, 4) is 0 Å². The van der Waals surface area contributed by atoms with E-state index in [1.54, 1.807) is 6.08 Å². The van der Waals surface area contributed by atoms with Crippen molar-refractivity contribution < 1.29 is 9.90 Å². The number of hydrogen-bond acceptors (Lipinski definition) is 2. The summed E-state index contributed by atoms with van der Waals surface area (Å²) >= 11 is 0. The molecule has 1 aliphatic carbocycles. The lowest BCUT2D eigenvalue weighted by Gasteiger charge is -2.21. The smallest absolute Gasteiger partial charge is 0.328 e. The van der Waals surface area contributed by atoms with E-state index >= 15 is 0 Å². The second kappa shape index (κ2) is 5.47. The Morgan fingerprint density at radius 3 is 2.74 bits per heavy atom. The van der Waals surface area contributed by atoms with Gasteiger partial charge in [-0.05, 0) is 54.5 Å². The van der Waals surface area contributed by atoms with Gasteiger partial charge in [-0.1, -0.05) is 13.0 Å². The van der Waals surface area contributed by atoms with E-state index in [1.165, 1.54) is 23.7 Å². The van der Waals surface area contributed by atoms with Gasteiger partial charge in [0.05, 0.1) is 0 Å². The van der Waals surface area contributed by atoms with Gasteiger partial charge in [-0.2, -0.15) is 0 Å². The first-order valence-corrected chi connectivity index (χ1v) is 6.70. The quantitative estimate of drug-likeness (QED) is 0.826. The van der Waals surface area contributed by atoms with Gasteiger partial charge < -0.3 is 10.0 Å². The molecule has 1 saturated carbocycles. The Morgan fingerprint density at radius 2 is 2.21 bits per heavy atom. The van der Waals surface area contributed by atoms with Crippen LogP contribution in [-0.2, 0) is 4.79 Å². The van der Waals surface area contributed by atoms with E-state index in [1.807, 2.05) is 12.1 Å². The minimum atomic E-state index is -0.915. The second-order valence-corrected chi connectivity index (χ2v) is 5.57. The molecule has 2 atom stereocenters. The molecule has 3 nitrogen and oxygen atoms in total. The van der Waals surface area contributed by atoms with Gasteiger partial charge in [-0.15, -0.1) is 0 Å². The minimum Gasteiger partial charge on any atom is -0.478 e. The van der Waals surface area contributed by atoms with Crippen LogP contribution < -0.4 is 4.90 Å². The highest BCUT2D eigenvalue weighted by molar-refractivity contribution is 5.85. The highest BCUT2D eigenvalue weighted by Crippen LogP contribution is 2.39. The van der Waals surface area contributed by atoms with E-state index in [0.717, 1.165) is 23.9 Å². The Balaban J connectivity index is 2.07. The predicted molar refractivity (Wildman–Crippen MR) is 78.4 cm³/mol. The molecule has 2 rings (SSSR count). The van der Waals surface area contributed by atoms with Crippen molar-refractivity contribution in [2.45, 2.75) is 20.3 Å². The summed E-state index contributed by atoms with van der Waals surface area (Å²) in [6.45, 7) is 5.47. The lowest BCUT2D eigenvalue weighted by molar-refractivity contribution is -0.131. The van der Waals surface area contributed by atoms with Crippen LogP contribution in [0.1, 0.15) is 24.5 Å². The van der Waals surface area contributed by atoms with Gasteiger partial charge in [0.2, 0.25) is 0 Å². The largest absolute Gasteiger partial charge is 0.478 e. The average Bonchev–Trinajstić information content (AvgIpc) is 3.02. The Kier molecular flexibility index (Phi) is 3.93. The van der Waals surface area contributed by atoms with E-state index in [9.17, 15) is 4.79 Å². The van der Waals surface area contributed by atoms with Crippen molar-refractivity contribution in [1.82, 2.24) is 0 Å². The van der Waals surface area contributed by atoms with Crippen LogP contribution in [0, 0.1) is 18.8 Å². The van der Waals surface area contributed by atoms with Gasteiger partial charge in [-0.25, -0.2) is 4.79 Å². The van der Waals surface area contributed by atoms with E-state index in [4.69, 9.17) is 5.11 Å². The summed E-state index contributed by atoms with van der Waals surface area (Å²) in [6.07, 6.45) is 4.13. The number of carboxylic acids is 1. The Morgan fingerprint density at radius 1 is 1.53 bits per heavy atom. The molecule has 102 valence electrons. The molecule has 0 radical (unpaired) electrons. The number of hydrogen-bond donors (Lipinski definition) is 1. The number of benzene rings is 1. The third-order valence-electron chi connectivity index (χ3n) is 3.83. The SMILES string of the molecule is Cc1cc(/C=C/C(=O)O)ccc1N(C)CC1CC1C. The maximum atomic E-state index is 10.5. The molecular formula is C16H21NO2. The van der Waals surface area contributed by atoms with Gasteiger partial charge in [0.15, 0.2) is 0 Å². The highest BCUT2D eigenvalue weighted by atomic mass is 16.4. The van der Waals surface area contributed by atoms with Crippen LogP contribution in [-0.4, -0.2) is 24.7 Å².